The topological polar surface area (TPSA) is 80.5 Å². The first-order valence-corrected chi connectivity index (χ1v) is 11.3. The van der Waals surface area contributed by atoms with Crippen molar-refractivity contribution in [2.45, 2.75) is 31.2 Å². The van der Waals surface area contributed by atoms with Gasteiger partial charge in [0.15, 0.2) is 0 Å². The fraction of sp³-hybridized carbons (Fsp3) is 0.400. The number of likely N-dealkylation sites (tertiary alicyclic amines) is 1. The average molecular weight is 433 g/mol. The van der Waals surface area contributed by atoms with E-state index in [1.54, 1.807) is 0 Å². The number of carbonyl (C=O) groups excluding carboxylic acids is 1. The summed E-state index contributed by atoms with van der Waals surface area (Å²) in [6.07, 6.45) is 0.876. The van der Waals surface area contributed by atoms with Crippen LogP contribution in [0.5, 0.6) is 0 Å². The van der Waals surface area contributed by atoms with Crippen molar-refractivity contribution < 1.29 is 14.1 Å². The summed E-state index contributed by atoms with van der Waals surface area (Å²) in [6, 6.07) is 20.4. The number of fused-ring (bicyclic) bond motifs is 1. The SMILES string of the molecule is CC(CNC(=O)N1CC(c2ccccc2)C2COCCC21)c1nc(-c2ccccc2)no1. The highest BCUT2D eigenvalue weighted by atomic mass is 16.5. The molecule has 0 bridgehead atoms. The Hall–Kier alpha value is -3.19. The molecule has 2 fully saturated rings. The second kappa shape index (κ2) is 9.12. The van der Waals surface area contributed by atoms with E-state index in [2.05, 4.69) is 39.7 Å². The molecule has 7 heteroatoms. The van der Waals surface area contributed by atoms with Crippen LogP contribution >= 0.6 is 0 Å². The van der Waals surface area contributed by atoms with Gasteiger partial charge in [0.1, 0.15) is 0 Å². The van der Waals surface area contributed by atoms with Crippen molar-refractivity contribution in [3.63, 3.8) is 0 Å². The van der Waals surface area contributed by atoms with Crippen molar-refractivity contribution in [3.05, 3.63) is 72.1 Å². The molecule has 3 heterocycles. The summed E-state index contributed by atoms with van der Waals surface area (Å²) in [5.41, 5.74) is 2.18. The van der Waals surface area contributed by atoms with Gasteiger partial charge in [0, 0.05) is 43.1 Å². The third-order valence-electron chi connectivity index (χ3n) is 6.62. The van der Waals surface area contributed by atoms with Gasteiger partial charge in [-0.1, -0.05) is 72.7 Å². The highest BCUT2D eigenvalue weighted by Crippen LogP contribution is 2.40. The quantitative estimate of drug-likeness (QED) is 0.658. The summed E-state index contributed by atoms with van der Waals surface area (Å²) in [6.45, 7) is 4.54. The van der Waals surface area contributed by atoms with Crippen molar-refractivity contribution in [1.82, 2.24) is 20.4 Å². The number of ether oxygens (including phenoxy) is 1. The molecule has 2 aromatic carbocycles. The van der Waals surface area contributed by atoms with Gasteiger partial charge in [0.05, 0.1) is 12.5 Å². The Balaban J connectivity index is 1.23. The number of rotatable bonds is 5. The normalized spacial score (nSPS) is 23.5. The summed E-state index contributed by atoms with van der Waals surface area (Å²) in [7, 11) is 0. The molecule has 2 aliphatic rings. The number of carbonyl (C=O) groups is 1. The lowest BCUT2D eigenvalue weighted by Gasteiger charge is -2.32. The molecule has 32 heavy (non-hydrogen) atoms. The smallest absolute Gasteiger partial charge is 0.317 e. The van der Waals surface area contributed by atoms with Gasteiger partial charge in [0.25, 0.3) is 0 Å². The maximum atomic E-state index is 13.1. The van der Waals surface area contributed by atoms with Crippen LogP contribution in [0.2, 0.25) is 0 Å². The molecule has 4 unspecified atom stereocenters. The molecule has 2 saturated heterocycles. The lowest BCUT2D eigenvalue weighted by molar-refractivity contribution is 0.0261. The largest absolute Gasteiger partial charge is 0.381 e. The predicted octanol–water partition coefficient (Wildman–Crippen LogP) is 4.05. The molecule has 4 atom stereocenters. The first-order valence-electron chi connectivity index (χ1n) is 11.3. The molecule has 5 rings (SSSR count). The van der Waals surface area contributed by atoms with Crippen molar-refractivity contribution in [2.24, 2.45) is 5.92 Å². The van der Waals surface area contributed by atoms with Crippen LogP contribution in [-0.4, -0.2) is 53.4 Å². The summed E-state index contributed by atoms with van der Waals surface area (Å²) >= 11 is 0. The number of aromatic nitrogens is 2. The molecule has 2 aliphatic heterocycles. The van der Waals surface area contributed by atoms with Gasteiger partial charge in [-0.2, -0.15) is 4.98 Å². The van der Waals surface area contributed by atoms with Gasteiger partial charge in [-0.25, -0.2) is 4.79 Å². The summed E-state index contributed by atoms with van der Waals surface area (Å²) < 4.78 is 11.2. The zero-order valence-electron chi connectivity index (χ0n) is 18.2. The molecule has 2 amide bonds. The van der Waals surface area contributed by atoms with Gasteiger partial charge in [-0.15, -0.1) is 0 Å². The van der Waals surface area contributed by atoms with E-state index >= 15 is 0 Å². The zero-order valence-corrected chi connectivity index (χ0v) is 18.2. The highest BCUT2D eigenvalue weighted by Gasteiger charge is 2.45. The molecular weight excluding hydrogens is 404 g/mol. The first-order chi connectivity index (χ1) is 15.7. The highest BCUT2D eigenvalue weighted by molar-refractivity contribution is 5.75. The minimum atomic E-state index is -0.0816. The monoisotopic (exact) mass is 432 g/mol. The fourth-order valence-electron chi connectivity index (χ4n) is 4.86. The van der Waals surface area contributed by atoms with Crippen LogP contribution in [0.15, 0.2) is 65.2 Å². The van der Waals surface area contributed by atoms with Gasteiger partial charge in [0.2, 0.25) is 11.7 Å². The van der Waals surface area contributed by atoms with Crippen LogP contribution in [0.4, 0.5) is 4.79 Å². The van der Waals surface area contributed by atoms with Crippen molar-refractivity contribution >= 4 is 6.03 Å². The molecule has 1 aromatic heterocycles. The van der Waals surface area contributed by atoms with E-state index in [4.69, 9.17) is 9.26 Å². The van der Waals surface area contributed by atoms with E-state index in [1.807, 2.05) is 48.2 Å². The third kappa shape index (κ3) is 4.12. The Labute approximate surface area is 187 Å². The molecule has 0 aliphatic carbocycles. The molecule has 1 N–H and O–H groups in total. The number of nitrogens with zero attached hydrogens (tertiary/aromatic N) is 3. The standard InChI is InChI=1S/C25H28N4O3/c1-17(24-27-23(28-32-24)19-10-6-3-7-11-19)14-26-25(30)29-15-20(18-8-4-2-5-9-18)21-16-31-13-12-22(21)29/h2-11,17,20-22H,12-16H2,1H3,(H,26,30). The summed E-state index contributed by atoms with van der Waals surface area (Å²) in [5, 5.41) is 7.18. The van der Waals surface area contributed by atoms with E-state index < -0.39 is 0 Å². The van der Waals surface area contributed by atoms with E-state index in [0.29, 0.717) is 49.9 Å². The maximum absolute atomic E-state index is 13.1. The molecule has 166 valence electrons. The Morgan fingerprint density at radius 1 is 1.16 bits per heavy atom. The Morgan fingerprint density at radius 3 is 2.69 bits per heavy atom. The molecule has 0 radical (unpaired) electrons. The Kier molecular flexibility index (Phi) is 5.90. The number of amides is 2. The summed E-state index contributed by atoms with van der Waals surface area (Å²) in [5.74, 6) is 1.64. The van der Waals surface area contributed by atoms with Crippen LogP contribution in [0.3, 0.4) is 0 Å². The zero-order chi connectivity index (χ0) is 21.9. The minimum Gasteiger partial charge on any atom is -0.381 e. The molecule has 3 aromatic rings. The maximum Gasteiger partial charge on any atom is 0.317 e. The number of urea groups is 1. The second-order valence-electron chi connectivity index (χ2n) is 8.67. The van der Waals surface area contributed by atoms with E-state index in [9.17, 15) is 4.79 Å². The minimum absolute atomic E-state index is 0.0324. The van der Waals surface area contributed by atoms with Gasteiger partial charge >= 0.3 is 6.03 Å². The van der Waals surface area contributed by atoms with Crippen LogP contribution < -0.4 is 5.32 Å². The lowest BCUT2D eigenvalue weighted by Crippen LogP contribution is -2.47. The van der Waals surface area contributed by atoms with Crippen LogP contribution in [0.1, 0.15) is 36.6 Å². The van der Waals surface area contributed by atoms with E-state index in [0.717, 1.165) is 12.0 Å². The molecule has 0 spiro atoms. The molecular formula is C25H28N4O3. The first kappa shape index (κ1) is 20.7. The Morgan fingerprint density at radius 2 is 1.91 bits per heavy atom. The third-order valence-corrected chi connectivity index (χ3v) is 6.62. The molecule has 0 saturated carbocycles. The molecule has 7 nitrogen and oxygen atoms in total. The number of hydrogen-bond acceptors (Lipinski definition) is 5. The lowest BCUT2D eigenvalue weighted by atomic mass is 9.84. The van der Waals surface area contributed by atoms with Crippen molar-refractivity contribution in [3.8, 4) is 11.4 Å². The van der Waals surface area contributed by atoms with Crippen molar-refractivity contribution in [1.29, 1.82) is 0 Å². The predicted molar refractivity (Wildman–Crippen MR) is 120 cm³/mol. The number of hydrogen-bond donors (Lipinski definition) is 1. The average Bonchev–Trinajstić information content (AvgIpc) is 3.49. The number of nitrogens with one attached hydrogen (secondary N) is 1. The fourth-order valence-corrected chi connectivity index (χ4v) is 4.86. The van der Waals surface area contributed by atoms with E-state index in [-0.39, 0.29) is 18.0 Å². The van der Waals surface area contributed by atoms with E-state index in [1.165, 1.54) is 5.56 Å². The van der Waals surface area contributed by atoms with Crippen LogP contribution in [0.25, 0.3) is 11.4 Å². The number of benzene rings is 2. The Bertz CT molecular complexity index is 1040. The van der Waals surface area contributed by atoms with Crippen LogP contribution in [-0.2, 0) is 4.74 Å². The van der Waals surface area contributed by atoms with Crippen LogP contribution in [0, 0.1) is 5.92 Å². The second-order valence-corrected chi connectivity index (χ2v) is 8.67. The van der Waals surface area contributed by atoms with Gasteiger partial charge < -0.3 is 19.5 Å². The summed E-state index contributed by atoms with van der Waals surface area (Å²) in [4.78, 5) is 19.7. The van der Waals surface area contributed by atoms with Crippen molar-refractivity contribution in [2.75, 3.05) is 26.3 Å². The van der Waals surface area contributed by atoms with Gasteiger partial charge in [-0.05, 0) is 12.0 Å². The van der Waals surface area contributed by atoms with Gasteiger partial charge in [-0.3, -0.25) is 0 Å².